The molecule has 1 aromatic rings. The van der Waals surface area contributed by atoms with Crippen LogP contribution in [0.2, 0.25) is 0 Å². The van der Waals surface area contributed by atoms with Crippen LogP contribution in [0, 0.1) is 0 Å². The van der Waals surface area contributed by atoms with Crippen molar-refractivity contribution in [3.63, 3.8) is 0 Å². The van der Waals surface area contributed by atoms with Gasteiger partial charge in [0.2, 0.25) is 0 Å². The van der Waals surface area contributed by atoms with Gasteiger partial charge in [0.05, 0.1) is 0 Å². The lowest BCUT2D eigenvalue weighted by atomic mass is 9.79. The van der Waals surface area contributed by atoms with E-state index in [1.165, 1.54) is 24.0 Å². The molecule has 90 valence electrons. The van der Waals surface area contributed by atoms with E-state index in [9.17, 15) is 0 Å². The Bertz CT molecular complexity index is 326. The largest absolute Gasteiger partial charge is 0.328 e. The monoisotopic (exact) mass is 219 g/mol. The summed E-state index contributed by atoms with van der Waals surface area (Å²) in [6.45, 7) is 8.86. The molecule has 1 heteroatoms. The first-order valence-corrected chi connectivity index (χ1v) is 6.30. The lowest BCUT2D eigenvalue weighted by Crippen LogP contribution is -2.28. The molecule has 0 aliphatic heterocycles. The maximum atomic E-state index is 5.91. The summed E-state index contributed by atoms with van der Waals surface area (Å²) in [5.74, 6) is 0. The van der Waals surface area contributed by atoms with Crippen molar-refractivity contribution in [3.8, 4) is 0 Å². The van der Waals surface area contributed by atoms with Crippen LogP contribution in [0.4, 0.5) is 0 Å². The van der Waals surface area contributed by atoms with Crippen molar-refractivity contribution in [1.82, 2.24) is 0 Å². The highest BCUT2D eigenvalue weighted by Gasteiger charge is 2.22. The molecule has 1 unspecified atom stereocenters. The minimum atomic E-state index is 0.178. The van der Waals surface area contributed by atoms with Crippen LogP contribution in [-0.4, -0.2) is 6.04 Å². The number of aryl methyl sites for hydroxylation is 1. The Kier molecular flexibility index (Phi) is 4.55. The lowest BCUT2D eigenvalue weighted by molar-refractivity contribution is 0.437. The first-order chi connectivity index (χ1) is 7.45. The van der Waals surface area contributed by atoms with Crippen LogP contribution in [0.1, 0.15) is 51.7 Å². The fourth-order valence-electron chi connectivity index (χ4n) is 2.36. The maximum absolute atomic E-state index is 5.91. The zero-order valence-corrected chi connectivity index (χ0v) is 11.1. The molecule has 1 atom stereocenters. The number of nitrogens with two attached hydrogens (primary N) is 1. The molecule has 16 heavy (non-hydrogen) atoms. The molecule has 0 spiro atoms. The Morgan fingerprint density at radius 2 is 2.00 bits per heavy atom. The van der Waals surface area contributed by atoms with E-state index in [0.717, 1.165) is 6.42 Å². The quantitative estimate of drug-likeness (QED) is 0.803. The van der Waals surface area contributed by atoms with E-state index in [2.05, 4.69) is 52.0 Å². The summed E-state index contributed by atoms with van der Waals surface area (Å²) in [6, 6.07) is 9.20. The minimum absolute atomic E-state index is 0.178. The fraction of sp³-hybridized carbons (Fsp3) is 0.600. The number of hydrogen-bond acceptors (Lipinski definition) is 1. The molecule has 0 saturated carbocycles. The molecular formula is C15H25N. The molecule has 0 amide bonds. The van der Waals surface area contributed by atoms with Gasteiger partial charge in [0.15, 0.2) is 0 Å². The van der Waals surface area contributed by atoms with Crippen LogP contribution in [-0.2, 0) is 11.8 Å². The second-order valence-corrected chi connectivity index (χ2v) is 5.52. The molecule has 0 heterocycles. The molecule has 0 aliphatic carbocycles. The second-order valence-electron chi connectivity index (χ2n) is 5.52. The molecule has 1 aromatic carbocycles. The number of rotatable bonds is 5. The van der Waals surface area contributed by atoms with E-state index < -0.39 is 0 Å². The summed E-state index contributed by atoms with van der Waals surface area (Å²) in [5, 5.41) is 0. The van der Waals surface area contributed by atoms with Crippen LogP contribution in [0.25, 0.3) is 0 Å². The number of benzene rings is 1. The van der Waals surface area contributed by atoms with E-state index in [1.807, 2.05) is 0 Å². The molecule has 0 aliphatic rings. The van der Waals surface area contributed by atoms with Crippen molar-refractivity contribution < 1.29 is 0 Å². The SMILES string of the molecule is CCCc1cccc(C(C)(C)CC(C)N)c1. The van der Waals surface area contributed by atoms with Crippen LogP contribution in [0.15, 0.2) is 24.3 Å². The molecule has 2 N–H and O–H groups in total. The summed E-state index contributed by atoms with van der Waals surface area (Å²) >= 11 is 0. The van der Waals surface area contributed by atoms with Crippen LogP contribution in [0.5, 0.6) is 0 Å². The van der Waals surface area contributed by atoms with Crippen LogP contribution < -0.4 is 5.73 Å². The third-order valence-corrected chi connectivity index (χ3v) is 3.08. The van der Waals surface area contributed by atoms with Gasteiger partial charge < -0.3 is 5.73 Å². The van der Waals surface area contributed by atoms with Crippen molar-refractivity contribution in [1.29, 1.82) is 0 Å². The average molecular weight is 219 g/mol. The van der Waals surface area contributed by atoms with Gasteiger partial charge in [-0.05, 0) is 36.3 Å². The Morgan fingerprint density at radius 1 is 1.31 bits per heavy atom. The standard InChI is InChI=1S/C15H25N/c1-5-7-13-8-6-9-14(10-13)15(3,4)11-12(2)16/h6,8-10,12H,5,7,11,16H2,1-4H3. The summed E-state index contributed by atoms with van der Waals surface area (Å²) < 4.78 is 0. The highest BCUT2D eigenvalue weighted by Crippen LogP contribution is 2.28. The predicted molar refractivity (Wildman–Crippen MR) is 71.7 cm³/mol. The second kappa shape index (κ2) is 5.49. The fourth-order valence-corrected chi connectivity index (χ4v) is 2.36. The summed E-state index contributed by atoms with van der Waals surface area (Å²) in [5.41, 5.74) is 8.95. The Hall–Kier alpha value is -0.820. The van der Waals surface area contributed by atoms with Crippen LogP contribution in [0.3, 0.4) is 0 Å². The Morgan fingerprint density at radius 3 is 2.56 bits per heavy atom. The summed E-state index contributed by atoms with van der Waals surface area (Å²) in [7, 11) is 0. The highest BCUT2D eigenvalue weighted by molar-refractivity contribution is 5.29. The predicted octanol–water partition coefficient (Wildman–Crippen LogP) is 3.65. The topological polar surface area (TPSA) is 26.0 Å². The van der Waals surface area contributed by atoms with Gasteiger partial charge in [-0.15, -0.1) is 0 Å². The molecule has 0 bridgehead atoms. The molecule has 1 rings (SSSR count). The van der Waals surface area contributed by atoms with Gasteiger partial charge in [-0.3, -0.25) is 0 Å². The maximum Gasteiger partial charge on any atom is 0.00187 e. The van der Waals surface area contributed by atoms with Crippen molar-refractivity contribution in [2.24, 2.45) is 5.73 Å². The molecular weight excluding hydrogens is 194 g/mol. The average Bonchev–Trinajstić information content (AvgIpc) is 2.16. The Labute approximate surface area is 100 Å². The van der Waals surface area contributed by atoms with Gasteiger partial charge in [-0.1, -0.05) is 51.5 Å². The van der Waals surface area contributed by atoms with Crippen molar-refractivity contribution in [3.05, 3.63) is 35.4 Å². The third-order valence-electron chi connectivity index (χ3n) is 3.08. The first kappa shape index (κ1) is 13.2. The van der Waals surface area contributed by atoms with Gasteiger partial charge >= 0.3 is 0 Å². The van der Waals surface area contributed by atoms with Crippen molar-refractivity contribution in [2.45, 2.75) is 58.4 Å². The first-order valence-electron chi connectivity index (χ1n) is 6.30. The van der Waals surface area contributed by atoms with E-state index >= 15 is 0 Å². The zero-order chi connectivity index (χ0) is 12.2. The van der Waals surface area contributed by atoms with Crippen molar-refractivity contribution >= 4 is 0 Å². The van der Waals surface area contributed by atoms with E-state index in [0.29, 0.717) is 0 Å². The van der Waals surface area contributed by atoms with Gasteiger partial charge in [-0.2, -0.15) is 0 Å². The van der Waals surface area contributed by atoms with Gasteiger partial charge in [0.1, 0.15) is 0 Å². The molecule has 0 aromatic heterocycles. The minimum Gasteiger partial charge on any atom is -0.328 e. The molecule has 1 nitrogen and oxygen atoms in total. The Balaban J connectivity index is 2.89. The van der Waals surface area contributed by atoms with Gasteiger partial charge in [0.25, 0.3) is 0 Å². The normalized spacial score (nSPS) is 13.8. The van der Waals surface area contributed by atoms with Crippen molar-refractivity contribution in [2.75, 3.05) is 0 Å². The third kappa shape index (κ3) is 3.64. The number of hydrogen-bond donors (Lipinski definition) is 1. The molecule has 0 saturated heterocycles. The zero-order valence-electron chi connectivity index (χ0n) is 11.1. The smallest absolute Gasteiger partial charge is 0.00187 e. The van der Waals surface area contributed by atoms with E-state index in [4.69, 9.17) is 5.73 Å². The van der Waals surface area contributed by atoms with Gasteiger partial charge in [0, 0.05) is 6.04 Å². The summed E-state index contributed by atoms with van der Waals surface area (Å²) in [4.78, 5) is 0. The van der Waals surface area contributed by atoms with E-state index in [1.54, 1.807) is 0 Å². The molecule has 0 fully saturated rings. The highest BCUT2D eigenvalue weighted by atomic mass is 14.6. The molecule has 0 radical (unpaired) electrons. The van der Waals surface area contributed by atoms with E-state index in [-0.39, 0.29) is 11.5 Å². The van der Waals surface area contributed by atoms with Crippen LogP contribution >= 0.6 is 0 Å². The summed E-state index contributed by atoms with van der Waals surface area (Å²) in [6.07, 6.45) is 3.40. The lowest BCUT2D eigenvalue weighted by Gasteiger charge is -2.27. The van der Waals surface area contributed by atoms with Gasteiger partial charge in [-0.25, -0.2) is 0 Å².